The van der Waals surface area contributed by atoms with Gasteiger partial charge in [0.2, 0.25) is 0 Å². The molecule has 0 radical (unpaired) electrons. The fraction of sp³-hybridized carbons (Fsp3) is 0.462. The number of fused-ring (bicyclic) bond motifs is 1. The Labute approximate surface area is 195 Å². The van der Waals surface area contributed by atoms with Gasteiger partial charge in [-0.1, -0.05) is 13.8 Å². The lowest BCUT2D eigenvalue weighted by Crippen LogP contribution is -2.39. The van der Waals surface area contributed by atoms with Crippen LogP contribution in [0.3, 0.4) is 0 Å². The highest BCUT2D eigenvalue weighted by molar-refractivity contribution is 5.93. The van der Waals surface area contributed by atoms with Gasteiger partial charge in [-0.25, -0.2) is 9.97 Å². The second-order valence-electron chi connectivity index (χ2n) is 8.74. The first-order valence-corrected chi connectivity index (χ1v) is 11.5. The van der Waals surface area contributed by atoms with Crippen LogP contribution in [-0.4, -0.2) is 51.0 Å². The summed E-state index contributed by atoms with van der Waals surface area (Å²) in [6.45, 7) is 9.02. The van der Waals surface area contributed by atoms with E-state index in [-0.39, 0.29) is 0 Å². The molecule has 0 saturated carbocycles. The van der Waals surface area contributed by atoms with Crippen LogP contribution < -0.4 is 23.8 Å². The molecule has 0 amide bonds. The third kappa shape index (κ3) is 4.63. The number of benzene rings is 2. The van der Waals surface area contributed by atoms with E-state index in [2.05, 4.69) is 18.7 Å². The van der Waals surface area contributed by atoms with Crippen LogP contribution in [0.15, 0.2) is 30.3 Å². The Balaban J connectivity index is 1.93. The van der Waals surface area contributed by atoms with Crippen molar-refractivity contribution >= 4 is 16.7 Å². The predicted molar refractivity (Wildman–Crippen MR) is 131 cm³/mol. The zero-order chi connectivity index (χ0) is 23.5. The Bertz CT molecular complexity index is 1120. The summed E-state index contributed by atoms with van der Waals surface area (Å²) in [6, 6.07) is 9.70. The number of rotatable bonds is 7. The molecule has 1 aromatic heterocycles. The molecule has 1 aliphatic heterocycles. The molecule has 4 rings (SSSR count). The predicted octanol–water partition coefficient (Wildman–Crippen LogP) is 5.20. The van der Waals surface area contributed by atoms with E-state index in [0.29, 0.717) is 47.3 Å². The Kier molecular flexibility index (Phi) is 6.77. The lowest BCUT2D eigenvalue weighted by atomic mass is 9.91. The second kappa shape index (κ2) is 9.73. The Morgan fingerprint density at radius 3 is 2.15 bits per heavy atom. The van der Waals surface area contributed by atoms with Gasteiger partial charge in [-0.05, 0) is 49.4 Å². The van der Waals surface area contributed by atoms with Crippen LogP contribution in [0.2, 0.25) is 0 Å². The summed E-state index contributed by atoms with van der Waals surface area (Å²) in [6.07, 6.45) is 1.22. The van der Waals surface area contributed by atoms with Gasteiger partial charge in [-0.2, -0.15) is 0 Å². The molecule has 2 heterocycles. The molecule has 1 aliphatic rings. The SMILES string of the molecule is CCOc1cc2nc(-c3ccc(OC)c(OC)c3)nc(N3C[C@H](C)C[C@@H](C)C3)c2cc1OC. The molecule has 2 atom stereocenters. The van der Waals surface area contributed by atoms with Gasteiger partial charge in [0, 0.05) is 30.1 Å². The summed E-state index contributed by atoms with van der Waals surface area (Å²) >= 11 is 0. The summed E-state index contributed by atoms with van der Waals surface area (Å²) < 4.78 is 22.4. The zero-order valence-corrected chi connectivity index (χ0v) is 20.3. The summed E-state index contributed by atoms with van der Waals surface area (Å²) in [4.78, 5) is 12.4. The van der Waals surface area contributed by atoms with E-state index in [9.17, 15) is 0 Å². The van der Waals surface area contributed by atoms with E-state index < -0.39 is 0 Å². The largest absolute Gasteiger partial charge is 0.493 e. The van der Waals surface area contributed by atoms with Crippen molar-refractivity contribution in [2.75, 3.05) is 45.9 Å². The molecule has 1 saturated heterocycles. The summed E-state index contributed by atoms with van der Waals surface area (Å²) in [7, 11) is 4.92. The smallest absolute Gasteiger partial charge is 0.163 e. The van der Waals surface area contributed by atoms with Crippen molar-refractivity contribution in [1.82, 2.24) is 9.97 Å². The van der Waals surface area contributed by atoms with Crippen LogP contribution in [-0.2, 0) is 0 Å². The number of hydrogen-bond acceptors (Lipinski definition) is 7. The van der Waals surface area contributed by atoms with Crippen LogP contribution in [0, 0.1) is 11.8 Å². The number of ether oxygens (including phenoxy) is 4. The third-order valence-electron chi connectivity index (χ3n) is 6.07. The van der Waals surface area contributed by atoms with Gasteiger partial charge < -0.3 is 23.8 Å². The van der Waals surface area contributed by atoms with E-state index >= 15 is 0 Å². The Morgan fingerprint density at radius 2 is 1.52 bits per heavy atom. The number of nitrogens with zero attached hydrogens (tertiary/aromatic N) is 3. The minimum atomic E-state index is 0.545. The van der Waals surface area contributed by atoms with Crippen LogP contribution in [0.5, 0.6) is 23.0 Å². The molecule has 0 aliphatic carbocycles. The lowest BCUT2D eigenvalue weighted by Gasteiger charge is -2.36. The number of aromatic nitrogens is 2. The first-order chi connectivity index (χ1) is 16.0. The van der Waals surface area contributed by atoms with Crippen LogP contribution in [0.1, 0.15) is 27.2 Å². The monoisotopic (exact) mass is 451 g/mol. The topological polar surface area (TPSA) is 65.9 Å². The molecule has 1 fully saturated rings. The lowest BCUT2D eigenvalue weighted by molar-refractivity contribution is 0.311. The van der Waals surface area contributed by atoms with Crippen molar-refractivity contribution in [2.45, 2.75) is 27.2 Å². The van der Waals surface area contributed by atoms with E-state index in [4.69, 9.17) is 28.9 Å². The molecular formula is C26H33N3O4. The fourth-order valence-electron chi connectivity index (χ4n) is 4.73. The number of hydrogen-bond donors (Lipinski definition) is 0. The van der Waals surface area contributed by atoms with Crippen molar-refractivity contribution in [3.63, 3.8) is 0 Å². The minimum absolute atomic E-state index is 0.545. The van der Waals surface area contributed by atoms with Crippen molar-refractivity contribution in [1.29, 1.82) is 0 Å². The van der Waals surface area contributed by atoms with Crippen molar-refractivity contribution in [3.8, 4) is 34.4 Å². The van der Waals surface area contributed by atoms with Gasteiger partial charge >= 0.3 is 0 Å². The number of anilines is 1. The van der Waals surface area contributed by atoms with Gasteiger partial charge in [0.25, 0.3) is 0 Å². The van der Waals surface area contributed by atoms with Gasteiger partial charge in [0.1, 0.15) is 5.82 Å². The Hall–Kier alpha value is -3.22. The van der Waals surface area contributed by atoms with E-state index in [1.807, 2.05) is 37.3 Å². The second-order valence-corrected chi connectivity index (χ2v) is 8.74. The molecule has 33 heavy (non-hydrogen) atoms. The molecule has 0 spiro atoms. The Morgan fingerprint density at radius 1 is 0.848 bits per heavy atom. The van der Waals surface area contributed by atoms with E-state index in [1.54, 1.807) is 21.3 Å². The minimum Gasteiger partial charge on any atom is -0.493 e. The highest BCUT2D eigenvalue weighted by atomic mass is 16.5. The summed E-state index contributed by atoms with van der Waals surface area (Å²) in [5, 5.41) is 0.959. The zero-order valence-electron chi connectivity index (χ0n) is 20.3. The molecule has 7 nitrogen and oxygen atoms in total. The van der Waals surface area contributed by atoms with Crippen LogP contribution in [0.25, 0.3) is 22.3 Å². The standard InChI is InChI=1S/C26H33N3O4/c1-7-33-24-13-20-19(12-23(24)32-6)26(29-14-16(2)10-17(3)15-29)28-25(27-20)18-8-9-21(30-4)22(11-18)31-5/h8-9,11-13,16-17H,7,10,14-15H2,1-6H3/t16-,17-/m1/s1. The van der Waals surface area contributed by atoms with E-state index in [1.165, 1.54) is 6.42 Å². The quantitative estimate of drug-likeness (QED) is 0.489. The van der Waals surface area contributed by atoms with Gasteiger partial charge in [0.15, 0.2) is 28.8 Å². The van der Waals surface area contributed by atoms with Gasteiger partial charge in [-0.15, -0.1) is 0 Å². The molecule has 0 bridgehead atoms. The van der Waals surface area contributed by atoms with Crippen molar-refractivity contribution in [2.24, 2.45) is 11.8 Å². The van der Waals surface area contributed by atoms with Crippen molar-refractivity contribution in [3.05, 3.63) is 30.3 Å². The average Bonchev–Trinajstić information content (AvgIpc) is 2.82. The third-order valence-corrected chi connectivity index (χ3v) is 6.07. The highest BCUT2D eigenvalue weighted by Gasteiger charge is 2.26. The molecular weight excluding hydrogens is 418 g/mol. The fourth-order valence-corrected chi connectivity index (χ4v) is 4.73. The summed E-state index contributed by atoms with van der Waals surface area (Å²) in [5.74, 6) is 5.42. The maximum atomic E-state index is 5.83. The van der Waals surface area contributed by atoms with Crippen molar-refractivity contribution < 1.29 is 18.9 Å². The first-order valence-electron chi connectivity index (χ1n) is 11.5. The number of piperidine rings is 1. The van der Waals surface area contributed by atoms with Crippen LogP contribution in [0.4, 0.5) is 5.82 Å². The number of methoxy groups -OCH3 is 3. The molecule has 7 heteroatoms. The van der Waals surface area contributed by atoms with E-state index in [0.717, 1.165) is 35.4 Å². The average molecular weight is 452 g/mol. The summed E-state index contributed by atoms with van der Waals surface area (Å²) in [5.41, 5.74) is 1.68. The molecule has 0 N–H and O–H groups in total. The normalized spacial score (nSPS) is 18.3. The molecule has 2 aromatic carbocycles. The molecule has 0 unspecified atom stereocenters. The maximum Gasteiger partial charge on any atom is 0.163 e. The molecule has 3 aromatic rings. The highest BCUT2D eigenvalue weighted by Crippen LogP contribution is 2.39. The van der Waals surface area contributed by atoms with Gasteiger partial charge in [0.05, 0.1) is 33.5 Å². The van der Waals surface area contributed by atoms with Crippen LogP contribution >= 0.6 is 0 Å². The van der Waals surface area contributed by atoms with Gasteiger partial charge in [-0.3, -0.25) is 0 Å². The molecule has 176 valence electrons. The maximum absolute atomic E-state index is 5.83. The first kappa shape index (κ1) is 23.0.